The minimum Gasteiger partial charge on any atom is -0.492 e. The lowest BCUT2D eigenvalue weighted by Crippen LogP contribution is -2.30. The Morgan fingerprint density at radius 2 is 2.17 bits per heavy atom. The monoisotopic (exact) mass is 251 g/mol. The Hall–Kier alpha value is -1.91. The standard InChI is InChI=1S/C13H21N3O2/c1-3-7-15-13(17)9-16-10-5-6-11(14)12(8-10)18-4-2/h5-6,8,16H,3-4,7,9,14H2,1-2H3,(H,15,17). The summed E-state index contributed by atoms with van der Waals surface area (Å²) in [7, 11) is 0. The molecule has 0 bridgehead atoms. The Bertz CT molecular complexity index is 394. The molecule has 5 heteroatoms. The maximum absolute atomic E-state index is 11.4. The highest BCUT2D eigenvalue weighted by Crippen LogP contribution is 2.25. The smallest absolute Gasteiger partial charge is 0.239 e. The minimum absolute atomic E-state index is 0.0216. The molecule has 100 valence electrons. The summed E-state index contributed by atoms with van der Waals surface area (Å²) >= 11 is 0. The van der Waals surface area contributed by atoms with Crippen molar-refractivity contribution in [1.82, 2.24) is 5.32 Å². The van der Waals surface area contributed by atoms with Crippen LogP contribution < -0.4 is 21.1 Å². The quantitative estimate of drug-likeness (QED) is 0.643. The summed E-state index contributed by atoms with van der Waals surface area (Å²) in [6.07, 6.45) is 0.933. The fourth-order valence-corrected chi connectivity index (χ4v) is 1.43. The second-order valence-corrected chi connectivity index (χ2v) is 3.89. The van der Waals surface area contributed by atoms with Gasteiger partial charge in [0, 0.05) is 18.3 Å². The summed E-state index contributed by atoms with van der Waals surface area (Å²) in [6.45, 7) is 5.42. The predicted molar refractivity (Wildman–Crippen MR) is 73.8 cm³/mol. The molecule has 0 aromatic heterocycles. The topological polar surface area (TPSA) is 76.4 Å². The molecular weight excluding hydrogens is 230 g/mol. The number of rotatable bonds is 7. The van der Waals surface area contributed by atoms with Crippen LogP contribution >= 0.6 is 0 Å². The van der Waals surface area contributed by atoms with Crippen molar-refractivity contribution in [2.45, 2.75) is 20.3 Å². The van der Waals surface area contributed by atoms with Gasteiger partial charge in [-0.3, -0.25) is 4.79 Å². The van der Waals surface area contributed by atoms with Crippen LogP contribution in [0.15, 0.2) is 18.2 Å². The van der Waals surface area contributed by atoms with Gasteiger partial charge in [0.05, 0.1) is 18.8 Å². The van der Waals surface area contributed by atoms with Crippen molar-refractivity contribution in [1.29, 1.82) is 0 Å². The Balaban J connectivity index is 2.52. The minimum atomic E-state index is -0.0216. The van der Waals surface area contributed by atoms with Crippen LogP contribution in [0, 0.1) is 0 Å². The van der Waals surface area contributed by atoms with Crippen LogP contribution in [0.4, 0.5) is 11.4 Å². The molecule has 0 heterocycles. The molecule has 0 saturated carbocycles. The van der Waals surface area contributed by atoms with E-state index in [-0.39, 0.29) is 12.5 Å². The number of benzene rings is 1. The van der Waals surface area contributed by atoms with Crippen LogP contribution in [-0.2, 0) is 4.79 Å². The van der Waals surface area contributed by atoms with E-state index in [4.69, 9.17) is 10.5 Å². The van der Waals surface area contributed by atoms with Gasteiger partial charge in [-0.2, -0.15) is 0 Å². The molecule has 1 aromatic rings. The first-order valence-corrected chi connectivity index (χ1v) is 6.20. The molecule has 0 spiro atoms. The van der Waals surface area contributed by atoms with Crippen molar-refractivity contribution < 1.29 is 9.53 Å². The van der Waals surface area contributed by atoms with Gasteiger partial charge >= 0.3 is 0 Å². The van der Waals surface area contributed by atoms with Gasteiger partial charge in [-0.15, -0.1) is 0 Å². The molecule has 18 heavy (non-hydrogen) atoms. The molecule has 0 fully saturated rings. The number of amides is 1. The first kappa shape index (κ1) is 14.2. The normalized spacial score (nSPS) is 9.89. The van der Waals surface area contributed by atoms with Gasteiger partial charge in [0.1, 0.15) is 5.75 Å². The molecule has 0 aliphatic carbocycles. The van der Waals surface area contributed by atoms with E-state index in [0.717, 1.165) is 12.1 Å². The van der Waals surface area contributed by atoms with E-state index in [2.05, 4.69) is 10.6 Å². The van der Waals surface area contributed by atoms with Crippen LogP contribution in [0.5, 0.6) is 5.75 Å². The third-order valence-corrected chi connectivity index (χ3v) is 2.34. The summed E-state index contributed by atoms with van der Waals surface area (Å²) in [5.74, 6) is 0.614. The zero-order valence-electron chi connectivity index (χ0n) is 11.0. The van der Waals surface area contributed by atoms with Crippen LogP contribution in [0.3, 0.4) is 0 Å². The summed E-state index contributed by atoms with van der Waals surface area (Å²) < 4.78 is 5.38. The molecule has 0 aliphatic rings. The third kappa shape index (κ3) is 4.53. The van der Waals surface area contributed by atoms with E-state index in [0.29, 0.717) is 24.6 Å². The Kier molecular flexibility index (Phi) is 5.84. The average Bonchev–Trinajstić information content (AvgIpc) is 2.37. The number of nitrogens with one attached hydrogen (secondary N) is 2. The van der Waals surface area contributed by atoms with E-state index in [1.807, 2.05) is 19.9 Å². The first-order valence-electron chi connectivity index (χ1n) is 6.20. The Morgan fingerprint density at radius 3 is 2.83 bits per heavy atom. The van der Waals surface area contributed by atoms with Crippen molar-refractivity contribution in [2.24, 2.45) is 0 Å². The second kappa shape index (κ2) is 7.42. The third-order valence-electron chi connectivity index (χ3n) is 2.34. The summed E-state index contributed by atoms with van der Waals surface area (Å²) in [5, 5.41) is 5.83. The van der Waals surface area contributed by atoms with Gasteiger partial charge in [0.15, 0.2) is 0 Å². The predicted octanol–water partition coefficient (Wildman–Crippen LogP) is 1.61. The highest BCUT2D eigenvalue weighted by Gasteiger charge is 2.03. The molecule has 1 rings (SSSR count). The van der Waals surface area contributed by atoms with Crippen LogP contribution in [-0.4, -0.2) is 25.6 Å². The molecule has 0 aliphatic heterocycles. The maximum Gasteiger partial charge on any atom is 0.239 e. The van der Waals surface area contributed by atoms with Crippen molar-refractivity contribution in [3.05, 3.63) is 18.2 Å². The number of carbonyl (C=O) groups is 1. The van der Waals surface area contributed by atoms with Gasteiger partial charge in [-0.05, 0) is 25.5 Å². The number of hydrogen-bond donors (Lipinski definition) is 3. The van der Waals surface area contributed by atoms with Gasteiger partial charge in [0.2, 0.25) is 5.91 Å². The van der Waals surface area contributed by atoms with Gasteiger partial charge in [-0.25, -0.2) is 0 Å². The van der Waals surface area contributed by atoms with E-state index in [1.165, 1.54) is 0 Å². The van der Waals surface area contributed by atoms with E-state index in [9.17, 15) is 4.79 Å². The number of hydrogen-bond acceptors (Lipinski definition) is 4. The highest BCUT2D eigenvalue weighted by molar-refractivity contribution is 5.80. The number of nitrogen functional groups attached to an aromatic ring is 1. The molecule has 5 nitrogen and oxygen atoms in total. The zero-order valence-corrected chi connectivity index (χ0v) is 11.0. The number of ether oxygens (including phenoxy) is 1. The number of anilines is 2. The SMILES string of the molecule is CCCNC(=O)CNc1ccc(N)c(OCC)c1. The zero-order chi connectivity index (χ0) is 13.4. The Labute approximate surface area is 108 Å². The fourth-order valence-electron chi connectivity index (χ4n) is 1.43. The maximum atomic E-state index is 11.4. The van der Waals surface area contributed by atoms with Gasteiger partial charge in [0.25, 0.3) is 0 Å². The van der Waals surface area contributed by atoms with E-state index < -0.39 is 0 Å². The molecule has 0 atom stereocenters. The lowest BCUT2D eigenvalue weighted by atomic mass is 10.2. The Morgan fingerprint density at radius 1 is 1.39 bits per heavy atom. The van der Waals surface area contributed by atoms with E-state index in [1.54, 1.807) is 12.1 Å². The second-order valence-electron chi connectivity index (χ2n) is 3.89. The van der Waals surface area contributed by atoms with Gasteiger partial charge in [-0.1, -0.05) is 6.92 Å². The molecule has 0 radical (unpaired) electrons. The molecule has 1 amide bonds. The number of carbonyl (C=O) groups excluding carboxylic acids is 1. The lowest BCUT2D eigenvalue weighted by molar-refractivity contribution is -0.119. The largest absolute Gasteiger partial charge is 0.492 e. The van der Waals surface area contributed by atoms with Crippen LogP contribution in [0.1, 0.15) is 20.3 Å². The fraction of sp³-hybridized carbons (Fsp3) is 0.462. The van der Waals surface area contributed by atoms with Crippen molar-refractivity contribution in [2.75, 3.05) is 30.7 Å². The van der Waals surface area contributed by atoms with E-state index >= 15 is 0 Å². The van der Waals surface area contributed by atoms with Crippen molar-refractivity contribution in [3.63, 3.8) is 0 Å². The summed E-state index contributed by atoms with van der Waals surface area (Å²) in [5.41, 5.74) is 7.18. The lowest BCUT2D eigenvalue weighted by Gasteiger charge is -2.11. The molecule has 1 aromatic carbocycles. The molecular formula is C13H21N3O2. The molecule has 0 saturated heterocycles. The highest BCUT2D eigenvalue weighted by atomic mass is 16.5. The summed E-state index contributed by atoms with van der Waals surface area (Å²) in [6, 6.07) is 5.38. The molecule has 0 unspecified atom stereocenters. The first-order chi connectivity index (χ1) is 8.67. The van der Waals surface area contributed by atoms with Crippen LogP contribution in [0.25, 0.3) is 0 Å². The van der Waals surface area contributed by atoms with Crippen LogP contribution in [0.2, 0.25) is 0 Å². The summed E-state index contributed by atoms with van der Waals surface area (Å²) in [4.78, 5) is 11.4. The molecule has 4 N–H and O–H groups in total. The average molecular weight is 251 g/mol. The van der Waals surface area contributed by atoms with Gasteiger partial charge < -0.3 is 21.1 Å². The van der Waals surface area contributed by atoms with Crippen molar-refractivity contribution in [3.8, 4) is 5.75 Å². The number of nitrogens with two attached hydrogens (primary N) is 1. The van der Waals surface area contributed by atoms with Crippen molar-refractivity contribution >= 4 is 17.3 Å².